The van der Waals surface area contributed by atoms with E-state index in [4.69, 9.17) is 0 Å². The van der Waals surface area contributed by atoms with Gasteiger partial charge in [-0.15, -0.1) is 0 Å². The van der Waals surface area contributed by atoms with Crippen LogP contribution in [0, 0.1) is 11.6 Å². The lowest BCUT2D eigenvalue weighted by Crippen LogP contribution is -2.43. The maximum Gasteiger partial charge on any atom is 0.416 e. The number of carbonyl (C=O) groups is 1. The Balaban J connectivity index is 1.84. The number of amides is 2. The maximum absolute atomic E-state index is 13.3. The smallest absolute Gasteiger partial charge is 0.316 e. The first-order chi connectivity index (χ1) is 12.7. The van der Waals surface area contributed by atoms with Crippen LogP contribution >= 0.6 is 11.8 Å². The average Bonchev–Trinajstić information content (AvgIpc) is 2.60. The molecule has 1 fully saturated rings. The second-order valence-corrected chi connectivity index (χ2v) is 7.15. The molecule has 2 aromatic carbocycles. The Morgan fingerprint density at radius 1 is 1.11 bits per heavy atom. The first kappa shape index (κ1) is 19.5. The van der Waals surface area contributed by atoms with Gasteiger partial charge in [-0.05, 0) is 29.8 Å². The number of thioether (sulfide) groups is 1. The van der Waals surface area contributed by atoms with Gasteiger partial charge in [0, 0.05) is 29.8 Å². The molecule has 2 amide bonds. The summed E-state index contributed by atoms with van der Waals surface area (Å²) in [4.78, 5) is 14.0. The number of carbonyl (C=O) groups excluding carboxylic acids is 1. The predicted octanol–water partition coefficient (Wildman–Crippen LogP) is 5.31. The zero-order valence-electron chi connectivity index (χ0n) is 13.9. The van der Waals surface area contributed by atoms with E-state index in [1.807, 2.05) is 0 Å². The molecule has 1 aliphatic rings. The number of anilines is 1. The van der Waals surface area contributed by atoms with Crippen LogP contribution in [0.5, 0.6) is 0 Å². The lowest BCUT2D eigenvalue weighted by molar-refractivity contribution is -0.137. The molecule has 1 heterocycles. The lowest BCUT2D eigenvalue weighted by Gasteiger charge is -2.36. The molecule has 0 spiro atoms. The van der Waals surface area contributed by atoms with Crippen molar-refractivity contribution in [3.63, 3.8) is 0 Å². The Labute approximate surface area is 156 Å². The molecule has 1 aliphatic heterocycles. The molecule has 1 saturated heterocycles. The third-order valence-corrected chi connectivity index (χ3v) is 5.12. The lowest BCUT2D eigenvalue weighted by atomic mass is 10.0. The Bertz CT molecular complexity index is 822. The fraction of sp³-hybridized carbons (Fsp3) is 0.278. The van der Waals surface area contributed by atoms with Crippen molar-refractivity contribution in [1.29, 1.82) is 0 Å². The number of rotatable bonds is 2. The Morgan fingerprint density at radius 2 is 1.81 bits per heavy atom. The van der Waals surface area contributed by atoms with Crippen molar-refractivity contribution < 1.29 is 26.7 Å². The quantitative estimate of drug-likeness (QED) is 0.691. The van der Waals surface area contributed by atoms with Crippen LogP contribution in [0.2, 0.25) is 0 Å². The molecule has 1 unspecified atom stereocenters. The monoisotopic (exact) mass is 402 g/mol. The van der Waals surface area contributed by atoms with Crippen LogP contribution in [0.1, 0.15) is 17.2 Å². The topological polar surface area (TPSA) is 32.3 Å². The molecule has 3 rings (SSSR count). The van der Waals surface area contributed by atoms with E-state index in [-0.39, 0.29) is 5.69 Å². The van der Waals surface area contributed by atoms with Gasteiger partial charge >= 0.3 is 12.2 Å². The van der Waals surface area contributed by atoms with Gasteiger partial charge < -0.3 is 10.2 Å². The first-order valence-corrected chi connectivity index (χ1v) is 9.18. The highest BCUT2D eigenvalue weighted by molar-refractivity contribution is 7.99. The molecule has 9 heteroatoms. The molecule has 0 saturated carbocycles. The van der Waals surface area contributed by atoms with Gasteiger partial charge in [0.2, 0.25) is 0 Å². The molecule has 1 N–H and O–H groups in total. The Hall–Kier alpha value is -2.29. The summed E-state index contributed by atoms with van der Waals surface area (Å²) in [7, 11) is 0. The molecule has 1 atom stereocenters. The van der Waals surface area contributed by atoms with E-state index in [9.17, 15) is 26.7 Å². The molecular weight excluding hydrogens is 387 g/mol. The molecular formula is C18H15F5N2OS. The van der Waals surface area contributed by atoms with Gasteiger partial charge in [-0.25, -0.2) is 13.6 Å². The van der Waals surface area contributed by atoms with Crippen molar-refractivity contribution in [1.82, 2.24) is 4.90 Å². The summed E-state index contributed by atoms with van der Waals surface area (Å²) < 4.78 is 65.6. The highest BCUT2D eigenvalue weighted by Crippen LogP contribution is 2.35. The van der Waals surface area contributed by atoms with E-state index in [0.29, 0.717) is 29.7 Å². The summed E-state index contributed by atoms with van der Waals surface area (Å²) in [6.45, 7) is 0.301. The standard InChI is InChI=1S/C18H15F5N2OS/c19-13-7-14(20)9-15(8-13)24-17(26)25-4-5-27-10-16(25)11-2-1-3-12(6-11)18(21,22)23/h1-3,6-9,16H,4-5,10H2,(H,24,26). The van der Waals surface area contributed by atoms with Gasteiger partial charge in [0.1, 0.15) is 11.6 Å². The van der Waals surface area contributed by atoms with Gasteiger partial charge in [-0.3, -0.25) is 0 Å². The van der Waals surface area contributed by atoms with Crippen molar-refractivity contribution in [3.05, 3.63) is 65.2 Å². The normalized spacial score (nSPS) is 17.7. The molecule has 27 heavy (non-hydrogen) atoms. The zero-order valence-corrected chi connectivity index (χ0v) is 14.7. The minimum absolute atomic E-state index is 0.0569. The number of alkyl halides is 3. The highest BCUT2D eigenvalue weighted by atomic mass is 32.2. The van der Waals surface area contributed by atoms with E-state index in [1.165, 1.54) is 28.8 Å². The van der Waals surface area contributed by atoms with Crippen LogP contribution in [-0.4, -0.2) is 29.0 Å². The van der Waals surface area contributed by atoms with E-state index in [2.05, 4.69) is 5.32 Å². The van der Waals surface area contributed by atoms with Crippen molar-refractivity contribution in [2.24, 2.45) is 0 Å². The number of hydrogen-bond donors (Lipinski definition) is 1. The van der Waals surface area contributed by atoms with E-state index < -0.39 is 35.4 Å². The fourth-order valence-electron chi connectivity index (χ4n) is 2.87. The predicted molar refractivity (Wildman–Crippen MR) is 93.6 cm³/mol. The van der Waals surface area contributed by atoms with Gasteiger partial charge in [-0.2, -0.15) is 24.9 Å². The molecule has 144 valence electrons. The molecule has 0 radical (unpaired) electrons. The van der Waals surface area contributed by atoms with Gasteiger partial charge in [0.25, 0.3) is 0 Å². The maximum atomic E-state index is 13.3. The van der Waals surface area contributed by atoms with Crippen molar-refractivity contribution >= 4 is 23.5 Å². The number of hydrogen-bond acceptors (Lipinski definition) is 2. The SMILES string of the molecule is O=C(Nc1cc(F)cc(F)c1)N1CCSCC1c1cccc(C(F)(F)F)c1. The molecule has 0 aromatic heterocycles. The minimum atomic E-state index is -4.48. The van der Waals surface area contributed by atoms with Crippen molar-refractivity contribution in [2.75, 3.05) is 23.4 Å². The second-order valence-electron chi connectivity index (χ2n) is 6.00. The summed E-state index contributed by atoms with van der Waals surface area (Å²) in [5.41, 5.74) is -0.487. The van der Waals surface area contributed by atoms with Crippen LogP contribution < -0.4 is 5.32 Å². The second kappa shape index (κ2) is 7.75. The van der Waals surface area contributed by atoms with Crippen molar-refractivity contribution in [2.45, 2.75) is 12.2 Å². The third-order valence-electron chi connectivity index (χ3n) is 4.10. The Morgan fingerprint density at radius 3 is 2.48 bits per heavy atom. The van der Waals surface area contributed by atoms with Gasteiger partial charge in [0.15, 0.2) is 0 Å². The van der Waals surface area contributed by atoms with Crippen molar-refractivity contribution in [3.8, 4) is 0 Å². The minimum Gasteiger partial charge on any atom is -0.316 e. The number of nitrogens with one attached hydrogen (secondary N) is 1. The highest BCUT2D eigenvalue weighted by Gasteiger charge is 2.33. The van der Waals surface area contributed by atoms with Gasteiger partial charge in [-0.1, -0.05) is 12.1 Å². The third kappa shape index (κ3) is 4.71. The molecule has 3 nitrogen and oxygen atoms in total. The van der Waals surface area contributed by atoms with E-state index in [1.54, 1.807) is 0 Å². The zero-order chi connectivity index (χ0) is 19.6. The first-order valence-electron chi connectivity index (χ1n) is 8.02. The molecule has 0 bridgehead atoms. The fourth-order valence-corrected chi connectivity index (χ4v) is 3.95. The largest absolute Gasteiger partial charge is 0.416 e. The average molecular weight is 402 g/mol. The molecule has 2 aromatic rings. The summed E-state index contributed by atoms with van der Waals surface area (Å²) in [6.07, 6.45) is -4.48. The number of nitrogens with zero attached hydrogens (tertiary/aromatic N) is 1. The summed E-state index contributed by atoms with van der Waals surface area (Å²) in [5.74, 6) is -0.644. The van der Waals surface area contributed by atoms with E-state index in [0.717, 1.165) is 24.3 Å². The van der Waals surface area contributed by atoms with Crippen LogP contribution in [0.25, 0.3) is 0 Å². The number of halogens is 5. The van der Waals surface area contributed by atoms with Crippen LogP contribution in [0.3, 0.4) is 0 Å². The Kier molecular flexibility index (Phi) is 5.59. The van der Waals surface area contributed by atoms with Gasteiger partial charge in [0.05, 0.1) is 11.6 Å². The van der Waals surface area contributed by atoms with Crippen LogP contribution in [0.4, 0.5) is 32.4 Å². The van der Waals surface area contributed by atoms with E-state index >= 15 is 0 Å². The number of urea groups is 1. The van der Waals surface area contributed by atoms with Crippen LogP contribution in [-0.2, 0) is 6.18 Å². The van der Waals surface area contributed by atoms with Crippen LogP contribution in [0.15, 0.2) is 42.5 Å². The summed E-state index contributed by atoms with van der Waals surface area (Å²) in [5, 5.41) is 2.41. The number of benzene rings is 2. The molecule has 0 aliphatic carbocycles. The summed E-state index contributed by atoms with van der Waals surface area (Å²) >= 11 is 1.52. The summed E-state index contributed by atoms with van der Waals surface area (Å²) in [6, 6.07) is 6.25.